The summed E-state index contributed by atoms with van der Waals surface area (Å²) in [7, 11) is 0. The third-order valence-electron chi connectivity index (χ3n) is 4.56. The van der Waals surface area contributed by atoms with Crippen LogP contribution in [0, 0.1) is 11.8 Å². The maximum absolute atomic E-state index is 5.44. The van der Waals surface area contributed by atoms with Gasteiger partial charge in [0.1, 0.15) is 0 Å². The Morgan fingerprint density at radius 3 is 3.00 bits per heavy atom. The Morgan fingerprint density at radius 2 is 2.16 bits per heavy atom. The molecule has 0 amide bonds. The van der Waals surface area contributed by atoms with Crippen molar-refractivity contribution in [3.8, 4) is 23.3 Å². The quantitative estimate of drug-likeness (QED) is 0.806. The average molecular weight is 335 g/mol. The van der Waals surface area contributed by atoms with Crippen molar-refractivity contribution >= 4 is 5.57 Å². The number of fused-ring (bicyclic) bond motifs is 1. The minimum Gasteiger partial charge on any atom is -0.454 e. The highest BCUT2D eigenvalue weighted by Gasteiger charge is 2.15. The van der Waals surface area contributed by atoms with Gasteiger partial charge in [-0.25, -0.2) is 0 Å². The number of hydrogen-bond donors (Lipinski definition) is 0. The van der Waals surface area contributed by atoms with Crippen molar-refractivity contribution in [3.05, 3.63) is 47.8 Å². The topological polar surface area (TPSA) is 39.5 Å². The van der Waals surface area contributed by atoms with Gasteiger partial charge in [0.05, 0.1) is 19.3 Å². The van der Waals surface area contributed by atoms with Crippen molar-refractivity contribution in [2.24, 2.45) is 0 Å². The number of nitrogens with zero attached hydrogens (tertiary/aromatic N) is 3. The molecule has 25 heavy (non-hydrogen) atoms. The van der Waals surface area contributed by atoms with Crippen LogP contribution in [0.25, 0.3) is 5.57 Å². The lowest BCUT2D eigenvalue weighted by Gasteiger charge is -2.23. The van der Waals surface area contributed by atoms with E-state index in [0.29, 0.717) is 6.79 Å². The molecule has 0 saturated carbocycles. The van der Waals surface area contributed by atoms with E-state index < -0.39 is 0 Å². The SMILES string of the molecule is CC#CCN1CC=C(c2cnn(Cc3ccc4c(c3)OCO4)c2)CC1. The predicted molar refractivity (Wildman–Crippen MR) is 96.4 cm³/mol. The van der Waals surface area contributed by atoms with E-state index in [1.165, 1.54) is 11.1 Å². The Hall–Kier alpha value is -2.71. The van der Waals surface area contributed by atoms with E-state index in [0.717, 1.165) is 49.7 Å². The van der Waals surface area contributed by atoms with Gasteiger partial charge in [0, 0.05) is 24.8 Å². The van der Waals surface area contributed by atoms with Crippen LogP contribution in [0.15, 0.2) is 36.7 Å². The van der Waals surface area contributed by atoms with Crippen molar-refractivity contribution in [1.29, 1.82) is 0 Å². The van der Waals surface area contributed by atoms with Crippen LogP contribution in [0.4, 0.5) is 0 Å². The van der Waals surface area contributed by atoms with Gasteiger partial charge in [0.2, 0.25) is 6.79 Å². The number of benzene rings is 1. The highest BCUT2D eigenvalue weighted by molar-refractivity contribution is 5.65. The van der Waals surface area contributed by atoms with Crippen LogP contribution in [0.1, 0.15) is 24.5 Å². The molecule has 0 saturated heterocycles. The van der Waals surface area contributed by atoms with Crippen LogP contribution in [-0.2, 0) is 6.54 Å². The minimum absolute atomic E-state index is 0.305. The Kier molecular flexibility index (Phi) is 4.45. The monoisotopic (exact) mass is 335 g/mol. The summed E-state index contributed by atoms with van der Waals surface area (Å²) >= 11 is 0. The Labute approximate surface area is 147 Å². The summed E-state index contributed by atoms with van der Waals surface area (Å²) in [6.45, 7) is 5.77. The van der Waals surface area contributed by atoms with Crippen LogP contribution < -0.4 is 9.47 Å². The van der Waals surface area contributed by atoms with Gasteiger partial charge < -0.3 is 9.47 Å². The van der Waals surface area contributed by atoms with Gasteiger partial charge in [-0.2, -0.15) is 5.10 Å². The van der Waals surface area contributed by atoms with Crippen molar-refractivity contribution in [2.45, 2.75) is 19.9 Å². The molecule has 0 unspecified atom stereocenters. The molecule has 4 rings (SSSR count). The molecule has 0 fully saturated rings. The van der Waals surface area contributed by atoms with Crippen molar-refractivity contribution in [1.82, 2.24) is 14.7 Å². The summed E-state index contributed by atoms with van der Waals surface area (Å²) in [6, 6.07) is 6.04. The van der Waals surface area contributed by atoms with Gasteiger partial charge in [-0.15, -0.1) is 5.92 Å². The Balaban J connectivity index is 1.42. The summed E-state index contributed by atoms with van der Waals surface area (Å²) in [5.74, 6) is 7.72. The van der Waals surface area contributed by atoms with Gasteiger partial charge in [0.25, 0.3) is 0 Å². The number of aromatic nitrogens is 2. The second kappa shape index (κ2) is 7.04. The fraction of sp³-hybridized carbons (Fsp3) is 0.350. The van der Waals surface area contributed by atoms with Gasteiger partial charge >= 0.3 is 0 Å². The lowest BCUT2D eigenvalue weighted by molar-refractivity contribution is 0.174. The zero-order chi connectivity index (χ0) is 17.1. The van der Waals surface area contributed by atoms with E-state index >= 15 is 0 Å². The molecular formula is C20H21N3O2. The molecule has 0 atom stereocenters. The first kappa shape index (κ1) is 15.8. The van der Waals surface area contributed by atoms with Crippen LogP contribution in [0.2, 0.25) is 0 Å². The van der Waals surface area contributed by atoms with Crippen LogP contribution in [-0.4, -0.2) is 41.1 Å². The first-order valence-electron chi connectivity index (χ1n) is 8.54. The Morgan fingerprint density at radius 1 is 1.24 bits per heavy atom. The molecule has 2 aliphatic heterocycles. The molecule has 0 radical (unpaired) electrons. The summed E-state index contributed by atoms with van der Waals surface area (Å²) in [5, 5.41) is 4.52. The first-order chi connectivity index (χ1) is 12.3. The van der Waals surface area contributed by atoms with Crippen molar-refractivity contribution in [3.63, 3.8) is 0 Å². The van der Waals surface area contributed by atoms with E-state index in [4.69, 9.17) is 9.47 Å². The number of ether oxygens (including phenoxy) is 2. The number of hydrogen-bond acceptors (Lipinski definition) is 4. The normalized spacial score (nSPS) is 16.3. The van der Waals surface area contributed by atoms with Crippen molar-refractivity contribution in [2.75, 3.05) is 26.4 Å². The summed E-state index contributed by atoms with van der Waals surface area (Å²) in [5.41, 5.74) is 3.74. The Bertz CT molecular complexity index is 857. The summed E-state index contributed by atoms with van der Waals surface area (Å²) < 4.78 is 12.8. The smallest absolute Gasteiger partial charge is 0.231 e. The fourth-order valence-electron chi connectivity index (χ4n) is 3.15. The van der Waals surface area contributed by atoms with Gasteiger partial charge in [-0.3, -0.25) is 9.58 Å². The molecular weight excluding hydrogens is 314 g/mol. The molecule has 1 aromatic heterocycles. The lowest BCUT2D eigenvalue weighted by Crippen LogP contribution is -2.28. The summed E-state index contributed by atoms with van der Waals surface area (Å²) in [6.07, 6.45) is 7.42. The molecule has 0 N–H and O–H groups in total. The van der Waals surface area contributed by atoms with Gasteiger partial charge in [-0.05, 0) is 36.6 Å². The third kappa shape index (κ3) is 3.54. The average Bonchev–Trinajstić information content (AvgIpc) is 3.29. The molecule has 5 heteroatoms. The maximum atomic E-state index is 5.44. The van der Waals surface area contributed by atoms with E-state index in [2.05, 4.69) is 40.2 Å². The molecule has 3 heterocycles. The zero-order valence-electron chi connectivity index (χ0n) is 14.4. The van der Waals surface area contributed by atoms with Crippen LogP contribution in [0.3, 0.4) is 0 Å². The minimum atomic E-state index is 0.305. The van der Waals surface area contributed by atoms with E-state index in [9.17, 15) is 0 Å². The molecule has 0 bridgehead atoms. The van der Waals surface area contributed by atoms with Gasteiger partial charge in [-0.1, -0.05) is 18.1 Å². The molecule has 0 spiro atoms. The van der Waals surface area contributed by atoms with E-state index in [-0.39, 0.29) is 0 Å². The van der Waals surface area contributed by atoms with Gasteiger partial charge in [0.15, 0.2) is 11.5 Å². The second-order valence-corrected chi connectivity index (χ2v) is 6.26. The highest BCUT2D eigenvalue weighted by atomic mass is 16.7. The molecule has 2 aromatic rings. The molecule has 1 aromatic carbocycles. The fourth-order valence-corrected chi connectivity index (χ4v) is 3.15. The van der Waals surface area contributed by atoms with E-state index in [1.807, 2.05) is 29.9 Å². The molecule has 5 nitrogen and oxygen atoms in total. The van der Waals surface area contributed by atoms with Crippen molar-refractivity contribution < 1.29 is 9.47 Å². The molecule has 2 aliphatic rings. The molecule has 128 valence electrons. The zero-order valence-corrected chi connectivity index (χ0v) is 14.4. The lowest BCUT2D eigenvalue weighted by atomic mass is 10.0. The second-order valence-electron chi connectivity index (χ2n) is 6.26. The highest BCUT2D eigenvalue weighted by Crippen LogP contribution is 2.32. The largest absolute Gasteiger partial charge is 0.454 e. The maximum Gasteiger partial charge on any atom is 0.231 e. The first-order valence-corrected chi connectivity index (χ1v) is 8.54. The van der Waals surface area contributed by atoms with E-state index in [1.54, 1.807) is 0 Å². The molecule has 0 aliphatic carbocycles. The number of rotatable bonds is 4. The summed E-state index contributed by atoms with van der Waals surface area (Å²) in [4.78, 5) is 2.36. The van der Waals surface area contributed by atoms with Crippen LogP contribution >= 0.6 is 0 Å². The standard InChI is InChI=1S/C20H21N3O2/c1-2-3-8-22-9-6-17(7-10-22)18-12-21-23(14-18)13-16-4-5-19-20(11-16)25-15-24-19/h4-6,11-12,14H,7-10,13,15H2,1H3. The third-order valence-corrected chi connectivity index (χ3v) is 4.56. The van der Waals surface area contributed by atoms with Crippen LogP contribution in [0.5, 0.6) is 11.5 Å². The predicted octanol–water partition coefficient (Wildman–Crippen LogP) is 2.77.